The summed E-state index contributed by atoms with van der Waals surface area (Å²) in [4.78, 5) is 6.84. The van der Waals surface area contributed by atoms with Crippen molar-refractivity contribution in [3.63, 3.8) is 0 Å². The van der Waals surface area contributed by atoms with Crippen molar-refractivity contribution in [2.75, 3.05) is 41.8 Å². The first kappa shape index (κ1) is 14.1. The van der Waals surface area contributed by atoms with Crippen LogP contribution in [-0.4, -0.2) is 43.5 Å². The van der Waals surface area contributed by atoms with E-state index in [9.17, 15) is 0 Å². The lowest BCUT2D eigenvalue weighted by molar-refractivity contribution is -0.144. The Balaban J connectivity index is 1.42. The Morgan fingerprint density at radius 1 is 1.08 bits per heavy atom. The second-order valence-corrected chi connectivity index (χ2v) is 6.54. The summed E-state index contributed by atoms with van der Waals surface area (Å²) in [5.74, 6) is 0.926. The molecule has 0 aliphatic carbocycles. The van der Waals surface area contributed by atoms with Crippen molar-refractivity contribution in [3.8, 4) is 0 Å². The quantitative estimate of drug-likeness (QED) is 0.840. The van der Waals surface area contributed by atoms with Gasteiger partial charge >= 0.3 is 0 Å². The van der Waals surface area contributed by atoms with Gasteiger partial charge in [0.25, 0.3) is 0 Å². The summed E-state index contributed by atoms with van der Waals surface area (Å²) in [6, 6.07) is 10.6. The third-order valence-corrected chi connectivity index (χ3v) is 4.82. The van der Waals surface area contributed by atoms with Crippen LogP contribution in [0.2, 0.25) is 0 Å². The average Bonchev–Trinajstić information content (AvgIpc) is 2.80. The highest BCUT2D eigenvalue weighted by molar-refractivity contribution is 5.79. The smallest absolute Gasteiger partial charge is 0.135 e. The molecular formula is C18H20N4O2. The van der Waals surface area contributed by atoms with Crippen LogP contribution < -0.4 is 15.5 Å². The Kier molecular flexibility index (Phi) is 3.31. The third-order valence-electron chi connectivity index (χ3n) is 4.82. The first-order chi connectivity index (χ1) is 11.8. The lowest BCUT2D eigenvalue weighted by Crippen LogP contribution is -2.54. The van der Waals surface area contributed by atoms with Crippen molar-refractivity contribution in [2.45, 2.75) is 18.8 Å². The molecule has 2 unspecified atom stereocenters. The zero-order chi connectivity index (χ0) is 15.9. The van der Waals surface area contributed by atoms with Gasteiger partial charge in [0.05, 0.1) is 36.8 Å². The fraction of sp³-hybridized carbons (Fsp3) is 0.389. The van der Waals surface area contributed by atoms with Gasteiger partial charge in [0.2, 0.25) is 0 Å². The maximum atomic E-state index is 5.95. The fourth-order valence-corrected chi connectivity index (χ4v) is 3.65. The van der Waals surface area contributed by atoms with Gasteiger partial charge in [-0.1, -0.05) is 6.07 Å². The SMILES string of the molecule is c1cnc2c(c1)CNc1cc(N3CC4COCC(C3)O4)ccc1N2. The molecule has 1 aromatic carbocycles. The molecule has 2 aromatic rings. The summed E-state index contributed by atoms with van der Waals surface area (Å²) in [5, 5.41) is 6.96. The van der Waals surface area contributed by atoms with Gasteiger partial charge in [-0.2, -0.15) is 0 Å². The summed E-state index contributed by atoms with van der Waals surface area (Å²) < 4.78 is 11.5. The molecule has 124 valence electrons. The van der Waals surface area contributed by atoms with Crippen molar-refractivity contribution in [1.29, 1.82) is 0 Å². The minimum atomic E-state index is 0.177. The molecular weight excluding hydrogens is 304 g/mol. The van der Waals surface area contributed by atoms with Crippen LogP contribution in [0.5, 0.6) is 0 Å². The van der Waals surface area contributed by atoms with Crippen LogP contribution in [0, 0.1) is 0 Å². The van der Waals surface area contributed by atoms with Crippen LogP contribution in [0.25, 0.3) is 0 Å². The van der Waals surface area contributed by atoms with E-state index in [2.05, 4.69) is 44.8 Å². The van der Waals surface area contributed by atoms with Gasteiger partial charge in [-0.15, -0.1) is 0 Å². The van der Waals surface area contributed by atoms with Gasteiger partial charge in [-0.25, -0.2) is 4.98 Å². The number of nitrogens with one attached hydrogen (secondary N) is 2. The molecule has 2 saturated heterocycles. The van der Waals surface area contributed by atoms with Crippen molar-refractivity contribution in [3.05, 3.63) is 42.1 Å². The van der Waals surface area contributed by atoms with Gasteiger partial charge in [0.1, 0.15) is 5.82 Å². The van der Waals surface area contributed by atoms with E-state index in [1.807, 2.05) is 12.3 Å². The van der Waals surface area contributed by atoms with Crippen LogP contribution in [0.1, 0.15) is 5.56 Å². The highest BCUT2D eigenvalue weighted by atomic mass is 16.6. The largest absolute Gasteiger partial charge is 0.379 e. The van der Waals surface area contributed by atoms with E-state index in [0.29, 0.717) is 13.2 Å². The first-order valence-electron chi connectivity index (χ1n) is 8.42. The van der Waals surface area contributed by atoms with E-state index in [1.165, 1.54) is 11.3 Å². The van der Waals surface area contributed by atoms with Crippen molar-refractivity contribution in [1.82, 2.24) is 4.98 Å². The topological polar surface area (TPSA) is 58.7 Å². The van der Waals surface area contributed by atoms with Crippen molar-refractivity contribution in [2.24, 2.45) is 0 Å². The van der Waals surface area contributed by atoms with Gasteiger partial charge in [0.15, 0.2) is 0 Å². The first-order valence-corrected chi connectivity index (χ1v) is 8.42. The van der Waals surface area contributed by atoms with Gasteiger partial charge < -0.3 is 25.0 Å². The number of hydrogen-bond acceptors (Lipinski definition) is 6. The highest BCUT2D eigenvalue weighted by Crippen LogP contribution is 2.34. The zero-order valence-corrected chi connectivity index (χ0v) is 13.4. The summed E-state index contributed by atoms with van der Waals surface area (Å²) in [6.07, 6.45) is 2.17. The highest BCUT2D eigenvalue weighted by Gasteiger charge is 2.32. The number of hydrogen-bond donors (Lipinski definition) is 2. The molecule has 6 heteroatoms. The second kappa shape index (κ2) is 5.65. The van der Waals surface area contributed by atoms with Crippen molar-refractivity contribution < 1.29 is 9.47 Å². The monoisotopic (exact) mass is 324 g/mol. The van der Waals surface area contributed by atoms with E-state index >= 15 is 0 Å². The molecule has 0 saturated carbocycles. The van der Waals surface area contributed by atoms with E-state index in [0.717, 1.165) is 36.8 Å². The number of pyridine rings is 1. The lowest BCUT2D eigenvalue weighted by Gasteiger charge is -2.42. The predicted molar refractivity (Wildman–Crippen MR) is 93.0 cm³/mol. The summed E-state index contributed by atoms with van der Waals surface area (Å²) >= 11 is 0. The standard InChI is InChI=1S/C18H20N4O2/c1-2-12-7-20-17-6-13(3-4-16(17)21-18(12)19-5-1)22-8-14-10-23-11-15(9-22)24-14/h1-6,14-15,20H,7-11H2,(H,19,21). The van der Waals surface area contributed by atoms with Gasteiger partial charge in [-0.3, -0.25) is 0 Å². The molecule has 0 spiro atoms. The molecule has 2 fully saturated rings. The van der Waals surface area contributed by atoms with E-state index in [4.69, 9.17) is 9.47 Å². The van der Waals surface area contributed by atoms with Crippen molar-refractivity contribution >= 4 is 22.9 Å². The van der Waals surface area contributed by atoms with Gasteiger partial charge in [0, 0.05) is 37.1 Å². The molecule has 3 aliphatic rings. The van der Waals surface area contributed by atoms with Crippen LogP contribution in [-0.2, 0) is 16.0 Å². The second-order valence-electron chi connectivity index (χ2n) is 6.54. The van der Waals surface area contributed by atoms with Gasteiger partial charge in [-0.05, 0) is 24.3 Å². The molecule has 24 heavy (non-hydrogen) atoms. The van der Waals surface area contributed by atoms with E-state index < -0.39 is 0 Å². The number of aromatic nitrogens is 1. The molecule has 4 heterocycles. The lowest BCUT2D eigenvalue weighted by atomic mass is 10.1. The Morgan fingerprint density at radius 2 is 1.96 bits per heavy atom. The number of morpholine rings is 1. The Bertz CT molecular complexity index is 754. The fourth-order valence-electron chi connectivity index (χ4n) is 3.65. The maximum absolute atomic E-state index is 5.95. The molecule has 0 radical (unpaired) electrons. The zero-order valence-electron chi connectivity index (χ0n) is 13.4. The number of benzene rings is 1. The minimum absolute atomic E-state index is 0.177. The summed E-state index contributed by atoms with van der Waals surface area (Å²) in [6.45, 7) is 3.92. The predicted octanol–water partition coefficient (Wildman–Crippen LogP) is 2.35. The summed E-state index contributed by atoms with van der Waals surface area (Å²) in [5.41, 5.74) is 4.57. The Hall–Kier alpha value is -2.31. The number of fused-ring (bicyclic) bond motifs is 4. The van der Waals surface area contributed by atoms with Crippen LogP contribution in [0.15, 0.2) is 36.5 Å². The third kappa shape index (κ3) is 2.48. The molecule has 2 N–H and O–H groups in total. The van der Waals surface area contributed by atoms with Crippen LogP contribution in [0.3, 0.4) is 0 Å². The Labute approximate surface area is 140 Å². The number of ether oxygens (including phenoxy) is 2. The van der Waals surface area contributed by atoms with Crippen LogP contribution in [0.4, 0.5) is 22.9 Å². The minimum Gasteiger partial charge on any atom is -0.379 e. The summed E-state index contributed by atoms with van der Waals surface area (Å²) in [7, 11) is 0. The molecule has 2 bridgehead atoms. The number of rotatable bonds is 1. The molecule has 3 aliphatic heterocycles. The Morgan fingerprint density at radius 3 is 2.83 bits per heavy atom. The molecule has 0 amide bonds. The number of nitrogens with zero attached hydrogens (tertiary/aromatic N) is 2. The average molecular weight is 324 g/mol. The molecule has 6 nitrogen and oxygen atoms in total. The molecule has 5 rings (SSSR count). The van der Waals surface area contributed by atoms with Crippen LogP contribution >= 0.6 is 0 Å². The maximum Gasteiger partial charge on any atom is 0.135 e. The number of anilines is 4. The normalized spacial score (nSPS) is 24.9. The van der Waals surface area contributed by atoms with E-state index in [-0.39, 0.29) is 12.2 Å². The molecule has 2 atom stereocenters. The van der Waals surface area contributed by atoms with E-state index in [1.54, 1.807) is 0 Å². The molecule has 1 aromatic heterocycles.